The lowest BCUT2D eigenvalue weighted by Gasteiger charge is -2.22. The van der Waals surface area contributed by atoms with Gasteiger partial charge in [-0.25, -0.2) is 4.98 Å². The Balaban J connectivity index is 0.000000429. The van der Waals surface area contributed by atoms with Gasteiger partial charge in [-0.2, -0.15) is 23.1 Å². The van der Waals surface area contributed by atoms with E-state index < -0.39 is 12.1 Å². The zero-order valence-corrected chi connectivity index (χ0v) is 18.8. The maximum Gasteiger partial charge on any atom is 0.430 e. The molecule has 3 aromatic rings. The van der Waals surface area contributed by atoms with E-state index in [0.717, 1.165) is 21.7 Å². The molecule has 0 saturated carbocycles. The quantitative estimate of drug-likeness (QED) is 0.457. The van der Waals surface area contributed by atoms with Crippen LogP contribution >= 0.6 is 0 Å². The predicted molar refractivity (Wildman–Crippen MR) is 117 cm³/mol. The molecular formula is C21H21F3N6O5. The Morgan fingerprint density at radius 2 is 1.69 bits per heavy atom. The molecule has 186 valence electrons. The highest BCUT2D eigenvalue weighted by atomic mass is 19.4. The molecule has 1 unspecified atom stereocenters. The second-order valence-corrected chi connectivity index (χ2v) is 7.10. The number of alkyl halides is 3. The average molecular weight is 494 g/mol. The number of carboxylic acid groups (broad SMARTS) is 1. The fraction of sp³-hybridized carbons (Fsp3) is 0.238. The van der Waals surface area contributed by atoms with Crippen molar-refractivity contribution >= 4 is 40.5 Å². The van der Waals surface area contributed by atoms with Gasteiger partial charge < -0.3 is 35.6 Å². The molecule has 1 aromatic carbocycles. The van der Waals surface area contributed by atoms with Crippen LogP contribution in [0.3, 0.4) is 0 Å². The van der Waals surface area contributed by atoms with Crippen LogP contribution in [0.5, 0.6) is 17.2 Å². The summed E-state index contributed by atoms with van der Waals surface area (Å²) in [5.74, 6) is -0.798. The lowest BCUT2D eigenvalue weighted by molar-refractivity contribution is -0.790. The summed E-state index contributed by atoms with van der Waals surface area (Å²) in [6, 6.07) is 3.86. The number of nitrogens with one attached hydrogen (secondary N) is 1. The predicted octanol–water partition coefficient (Wildman–Crippen LogP) is 0.215. The largest absolute Gasteiger partial charge is 0.542 e. The third-order valence-corrected chi connectivity index (χ3v) is 4.99. The normalized spacial score (nSPS) is 14.5. The standard InChI is InChI=1S/C19H20N6O3.C2HF3O2/c1-26-13-6-11(7-14(27-2)16(13)28-3)25-5-4-12-10(9-25)8-22-18-15(12)17(20)23-19(21)24-18;3-2(4,5)1(6)7/h4-8H,9H2,1-3H3,(H4,20,21,22,23,24);(H,6,7). The third kappa shape index (κ3) is 5.27. The number of rotatable bonds is 4. The van der Waals surface area contributed by atoms with Gasteiger partial charge in [-0.3, -0.25) is 4.90 Å². The number of nitrogens with zero attached hydrogens (tertiary/aromatic N) is 3. The first-order chi connectivity index (χ1) is 16.5. The molecule has 1 aliphatic rings. The fourth-order valence-electron chi connectivity index (χ4n) is 3.45. The van der Waals surface area contributed by atoms with E-state index in [-0.39, 0.29) is 5.95 Å². The molecule has 0 amide bonds. The van der Waals surface area contributed by atoms with E-state index in [1.165, 1.54) is 0 Å². The number of hydrogen-bond acceptors (Lipinski definition) is 10. The molecule has 4 rings (SSSR count). The Kier molecular flexibility index (Phi) is 7.14. The smallest absolute Gasteiger partial charge is 0.430 e. The molecule has 5 N–H and O–H groups in total. The first kappa shape index (κ1) is 25.3. The molecule has 14 heteroatoms. The Labute approximate surface area is 196 Å². The van der Waals surface area contributed by atoms with Crippen molar-refractivity contribution < 1.29 is 42.2 Å². The van der Waals surface area contributed by atoms with Crippen LogP contribution in [0, 0.1) is 0 Å². The number of fused-ring (bicyclic) bond motifs is 3. The van der Waals surface area contributed by atoms with Crippen LogP contribution < -0.4 is 35.7 Å². The number of nitrogen functional groups attached to an aromatic ring is 2. The molecule has 1 aliphatic heterocycles. The number of anilines is 2. The van der Waals surface area contributed by atoms with Gasteiger partial charge in [-0.15, -0.1) is 0 Å². The number of ether oxygens (including phenoxy) is 3. The van der Waals surface area contributed by atoms with E-state index in [2.05, 4.69) is 15.0 Å². The summed E-state index contributed by atoms with van der Waals surface area (Å²) >= 11 is 0. The maximum atomic E-state index is 10.5. The zero-order chi connectivity index (χ0) is 25.9. The molecule has 11 nitrogen and oxygen atoms in total. The van der Waals surface area contributed by atoms with Crippen molar-refractivity contribution in [1.29, 1.82) is 0 Å². The number of benzene rings is 1. The van der Waals surface area contributed by atoms with E-state index in [1.807, 2.05) is 24.4 Å². The Morgan fingerprint density at radius 3 is 2.20 bits per heavy atom. The molecule has 0 radical (unpaired) electrons. The molecule has 2 aromatic heterocycles. The molecule has 35 heavy (non-hydrogen) atoms. The number of carboxylic acids is 1. The highest BCUT2D eigenvalue weighted by molar-refractivity contribution is 5.95. The fourth-order valence-corrected chi connectivity index (χ4v) is 3.45. The van der Waals surface area contributed by atoms with Crippen LogP contribution in [0.4, 0.5) is 30.6 Å². The molecule has 0 aliphatic carbocycles. The van der Waals surface area contributed by atoms with Crippen molar-refractivity contribution in [3.63, 3.8) is 0 Å². The van der Waals surface area contributed by atoms with Crippen LogP contribution in [0.1, 0.15) is 11.1 Å². The number of carbonyl (C=O) groups excluding carboxylic acids is 1. The highest BCUT2D eigenvalue weighted by Crippen LogP contribution is 2.39. The second-order valence-electron chi connectivity index (χ2n) is 7.10. The molecule has 1 atom stereocenters. The number of pyridine rings is 1. The summed E-state index contributed by atoms with van der Waals surface area (Å²) in [5.41, 5.74) is 15.2. The highest BCUT2D eigenvalue weighted by Gasteiger charge is 2.29. The van der Waals surface area contributed by atoms with Gasteiger partial charge in [-0.1, -0.05) is 0 Å². The van der Waals surface area contributed by atoms with Crippen molar-refractivity contribution in [3.05, 3.63) is 35.7 Å². The molecular weight excluding hydrogens is 473 g/mol. The van der Waals surface area contributed by atoms with Gasteiger partial charge in [0.25, 0.3) is 0 Å². The molecule has 0 bridgehead atoms. The number of carbonyl (C=O) groups is 1. The minimum absolute atomic E-state index is 0.113. The molecule has 0 fully saturated rings. The van der Waals surface area contributed by atoms with Crippen LogP contribution in [-0.2, 0) is 11.3 Å². The third-order valence-electron chi connectivity index (χ3n) is 4.99. The molecule has 0 spiro atoms. The van der Waals surface area contributed by atoms with Gasteiger partial charge in [0.2, 0.25) is 11.7 Å². The van der Waals surface area contributed by atoms with Crippen molar-refractivity contribution in [2.24, 2.45) is 0 Å². The zero-order valence-electron chi connectivity index (χ0n) is 18.8. The number of aromatic nitrogens is 3. The van der Waals surface area contributed by atoms with Gasteiger partial charge in [-0.05, 0) is 0 Å². The summed E-state index contributed by atoms with van der Waals surface area (Å²) in [6.07, 6.45) is 0.639. The first-order valence-electron chi connectivity index (χ1n) is 9.83. The first-order valence-corrected chi connectivity index (χ1v) is 9.83. The SMILES string of the molecule is COc1cc([NH+]2C=Cc3c(cnc4nc(N)nc(N)c34)C2)cc(OC)c1OC.O=C([O-])C(F)(F)F. The Bertz CT molecular complexity index is 1270. The van der Waals surface area contributed by atoms with Crippen LogP contribution in [0.15, 0.2) is 24.5 Å². The summed E-state index contributed by atoms with van der Waals surface area (Å²) in [6.45, 7) is 0.664. The van der Waals surface area contributed by atoms with E-state index in [4.69, 9.17) is 35.6 Å². The minimum Gasteiger partial charge on any atom is -0.542 e. The summed E-state index contributed by atoms with van der Waals surface area (Å²) in [4.78, 5) is 22.5. The number of nitrogens with two attached hydrogens (primary N) is 2. The number of hydrogen-bond donors (Lipinski definition) is 3. The van der Waals surface area contributed by atoms with E-state index in [1.54, 1.807) is 27.5 Å². The summed E-state index contributed by atoms with van der Waals surface area (Å²) in [5, 5.41) is 9.50. The number of quaternary nitrogens is 1. The molecule has 0 saturated heterocycles. The van der Waals surface area contributed by atoms with Crippen LogP contribution in [-0.4, -0.2) is 48.4 Å². The van der Waals surface area contributed by atoms with Gasteiger partial charge in [0.15, 0.2) is 17.1 Å². The lowest BCUT2D eigenvalue weighted by Crippen LogP contribution is -3.01. The number of methoxy groups -OCH3 is 3. The van der Waals surface area contributed by atoms with Gasteiger partial charge in [0.1, 0.15) is 30.2 Å². The van der Waals surface area contributed by atoms with Crippen LogP contribution in [0.25, 0.3) is 17.1 Å². The summed E-state index contributed by atoms with van der Waals surface area (Å²) in [7, 11) is 4.78. The lowest BCUT2D eigenvalue weighted by atomic mass is 10.0. The van der Waals surface area contributed by atoms with Crippen molar-refractivity contribution in [1.82, 2.24) is 15.0 Å². The van der Waals surface area contributed by atoms with Gasteiger partial charge >= 0.3 is 6.18 Å². The van der Waals surface area contributed by atoms with E-state index in [9.17, 15) is 13.2 Å². The summed E-state index contributed by atoms with van der Waals surface area (Å²) < 4.78 is 47.9. The monoisotopic (exact) mass is 494 g/mol. The Hall–Kier alpha value is -4.33. The number of halogens is 3. The average Bonchev–Trinajstić information content (AvgIpc) is 2.81. The minimum atomic E-state index is -5.19. The van der Waals surface area contributed by atoms with Gasteiger partial charge in [0, 0.05) is 35.5 Å². The van der Waals surface area contributed by atoms with Crippen LogP contribution in [0.2, 0.25) is 0 Å². The van der Waals surface area contributed by atoms with Gasteiger partial charge in [0.05, 0.1) is 26.7 Å². The maximum absolute atomic E-state index is 10.5. The number of aliphatic carboxylic acids is 1. The molecule has 3 heterocycles. The van der Waals surface area contributed by atoms with Crippen molar-refractivity contribution in [3.8, 4) is 17.2 Å². The second kappa shape index (κ2) is 9.89. The van der Waals surface area contributed by atoms with Crippen molar-refractivity contribution in [2.45, 2.75) is 12.7 Å². The van der Waals surface area contributed by atoms with E-state index >= 15 is 0 Å². The topological polar surface area (TPSA) is 163 Å². The Morgan fingerprint density at radius 1 is 1.09 bits per heavy atom. The van der Waals surface area contributed by atoms with E-state index in [0.29, 0.717) is 40.6 Å². The van der Waals surface area contributed by atoms with Crippen molar-refractivity contribution in [2.75, 3.05) is 32.8 Å².